The number of esters is 2. The zero-order chi connectivity index (χ0) is 16.7. The van der Waals surface area contributed by atoms with Crippen LogP contribution in [0, 0.1) is 7.14 Å². The molecule has 0 saturated carbocycles. The van der Waals surface area contributed by atoms with E-state index in [2.05, 4.69) is 45.2 Å². The third-order valence-electron chi connectivity index (χ3n) is 2.91. The van der Waals surface area contributed by atoms with E-state index in [0.29, 0.717) is 17.5 Å². The summed E-state index contributed by atoms with van der Waals surface area (Å²) < 4.78 is 12.4. The van der Waals surface area contributed by atoms with Crippen LogP contribution < -0.4 is 0 Å². The maximum Gasteiger partial charge on any atom is 0.338 e. The first-order chi connectivity index (χ1) is 11.1. The third kappa shape index (κ3) is 6.09. The lowest BCUT2D eigenvalue weighted by atomic mass is 10.2. The molecule has 4 nitrogen and oxygen atoms in total. The summed E-state index contributed by atoms with van der Waals surface area (Å²) in [5.41, 5.74) is 1.03. The smallest absolute Gasteiger partial charge is 0.338 e. The Labute approximate surface area is 161 Å². The minimum absolute atomic E-state index is 0.213. The van der Waals surface area contributed by atoms with Crippen molar-refractivity contribution in [1.82, 2.24) is 0 Å². The van der Waals surface area contributed by atoms with Crippen LogP contribution in [-0.4, -0.2) is 25.2 Å². The van der Waals surface area contributed by atoms with Crippen molar-refractivity contribution in [2.24, 2.45) is 0 Å². The second-order valence-electron chi connectivity index (χ2n) is 4.64. The van der Waals surface area contributed by atoms with Gasteiger partial charge in [-0.05, 0) is 93.7 Å². The van der Waals surface area contributed by atoms with Gasteiger partial charge in [0.1, 0.15) is 0 Å². The molecule has 0 atom stereocenters. The topological polar surface area (TPSA) is 52.6 Å². The Morgan fingerprint density at radius 1 is 0.696 bits per heavy atom. The number of carbonyl (C=O) groups excluding carboxylic acids is 2. The molecule has 2 rings (SSSR count). The van der Waals surface area contributed by atoms with Crippen LogP contribution in [0.5, 0.6) is 0 Å². The highest BCUT2D eigenvalue weighted by molar-refractivity contribution is 14.1. The van der Waals surface area contributed by atoms with Gasteiger partial charge in [-0.1, -0.05) is 0 Å². The Hall–Kier alpha value is -1.16. The Bertz CT molecular complexity index is 606. The average molecular weight is 536 g/mol. The molecule has 0 unspecified atom stereocenters. The number of hydrogen-bond donors (Lipinski definition) is 0. The average Bonchev–Trinajstić information content (AvgIpc) is 2.55. The minimum atomic E-state index is -0.370. The zero-order valence-electron chi connectivity index (χ0n) is 12.1. The van der Waals surface area contributed by atoms with Gasteiger partial charge in [-0.3, -0.25) is 0 Å². The van der Waals surface area contributed by atoms with Crippen molar-refractivity contribution < 1.29 is 19.1 Å². The van der Waals surface area contributed by atoms with Crippen LogP contribution in [0.25, 0.3) is 0 Å². The van der Waals surface area contributed by atoms with Crippen LogP contribution in [0.2, 0.25) is 0 Å². The molecule has 23 heavy (non-hydrogen) atoms. The predicted octanol–water partition coefficient (Wildman–Crippen LogP) is 4.30. The molecule has 0 aliphatic carbocycles. The van der Waals surface area contributed by atoms with Gasteiger partial charge >= 0.3 is 11.9 Å². The quantitative estimate of drug-likeness (QED) is 0.314. The number of carbonyl (C=O) groups is 2. The SMILES string of the molecule is O=C(OCCCOC(=O)c1ccc(I)cc1)c1ccc(I)cc1. The number of hydrogen-bond acceptors (Lipinski definition) is 4. The van der Waals surface area contributed by atoms with Gasteiger partial charge in [-0.25, -0.2) is 9.59 Å². The second-order valence-corrected chi connectivity index (χ2v) is 7.13. The van der Waals surface area contributed by atoms with E-state index < -0.39 is 0 Å². The fraction of sp³-hybridized carbons (Fsp3) is 0.176. The van der Waals surface area contributed by atoms with Crippen molar-refractivity contribution in [3.8, 4) is 0 Å². The molecule has 0 bridgehead atoms. The van der Waals surface area contributed by atoms with E-state index in [0.717, 1.165) is 7.14 Å². The molecule has 0 N–H and O–H groups in total. The van der Waals surface area contributed by atoms with Crippen LogP contribution in [0.1, 0.15) is 27.1 Å². The first-order valence-electron chi connectivity index (χ1n) is 6.91. The molecule has 0 amide bonds. The lowest BCUT2D eigenvalue weighted by Crippen LogP contribution is -2.11. The highest BCUT2D eigenvalue weighted by atomic mass is 127. The van der Waals surface area contributed by atoms with E-state index in [1.54, 1.807) is 24.3 Å². The molecule has 2 aromatic carbocycles. The van der Waals surface area contributed by atoms with Crippen molar-refractivity contribution in [1.29, 1.82) is 0 Å². The van der Waals surface area contributed by atoms with Gasteiger partial charge in [-0.15, -0.1) is 0 Å². The van der Waals surface area contributed by atoms with Gasteiger partial charge in [0.25, 0.3) is 0 Å². The Kier molecular flexibility index (Phi) is 7.28. The van der Waals surface area contributed by atoms with Gasteiger partial charge in [0, 0.05) is 13.6 Å². The monoisotopic (exact) mass is 536 g/mol. The van der Waals surface area contributed by atoms with Crippen LogP contribution in [0.4, 0.5) is 0 Å². The molecule has 0 fully saturated rings. The molecular weight excluding hydrogens is 522 g/mol. The summed E-state index contributed by atoms with van der Waals surface area (Å²) in [6.07, 6.45) is 0.465. The van der Waals surface area contributed by atoms with Crippen LogP contribution in [0.15, 0.2) is 48.5 Å². The summed E-state index contributed by atoms with van der Waals surface area (Å²) >= 11 is 4.34. The van der Waals surface area contributed by atoms with E-state index in [-0.39, 0.29) is 25.2 Å². The van der Waals surface area contributed by atoms with Gasteiger partial charge in [0.05, 0.1) is 24.3 Å². The molecule has 0 heterocycles. The molecule has 2 aromatic rings. The van der Waals surface area contributed by atoms with Crippen LogP contribution in [-0.2, 0) is 9.47 Å². The van der Waals surface area contributed by atoms with Crippen LogP contribution >= 0.6 is 45.2 Å². The summed E-state index contributed by atoms with van der Waals surface area (Å²) in [5.74, 6) is -0.740. The van der Waals surface area contributed by atoms with Gasteiger partial charge in [-0.2, -0.15) is 0 Å². The summed E-state index contributed by atoms with van der Waals surface area (Å²) in [5, 5.41) is 0. The number of rotatable bonds is 6. The van der Waals surface area contributed by atoms with Crippen LogP contribution in [0.3, 0.4) is 0 Å². The molecule has 6 heteroatoms. The molecule has 0 aromatic heterocycles. The van der Waals surface area contributed by atoms with Crippen molar-refractivity contribution >= 4 is 57.1 Å². The first kappa shape index (κ1) is 18.2. The third-order valence-corrected chi connectivity index (χ3v) is 4.35. The first-order valence-corrected chi connectivity index (χ1v) is 9.07. The molecule has 0 saturated heterocycles. The van der Waals surface area contributed by atoms with Gasteiger partial charge < -0.3 is 9.47 Å². The molecule has 0 spiro atoms. The number of halogens is 2. The van der Waals surface area contributed by atoms with Gasteiger partial charge in [0.2, 0.25) is 0 Å². The van der Waals surface area contributed by atoms with E-state index >= 15 is 0 Å². The predicted molar refractivity (Wildman–Crippen MR) is 104 cm³/mol. The normalized spacial score (nSPS) is 10.2. The minimum Gasteiger partial charge on any atom is -0.462 e. The standard InChI is InChI=1S/C17H14I2O4/c18-14-6-2-12(3-7-14)16(20)22-10-1-11-23-17(21)13-4-8-15(19)9-5-13/h2-9H,1,10-11H2. The summed E-state index contributed by atoms with van der Waals surface area (Å²) in [4.78, 5) is 23.5. The summed E-state index contributed by atoms with van der Waals surface area (Å²) in [6.45, 7) is 0.426. The lowest BCUT2D eigenvalue weighted by molar-refractivity contribution is 0.0396. The molecule has 0 aliphatic rings. The number of ether oxygens (including phenoxy) is 2. The van der Waals surface area contributed by atoms with E-state index in [1.165, 1.54) is 0 Å². The number of benzene rings is 2. The van der Waals surface area contributed by atoms with Crippen molar-refractivity contribution in [3.63, 3.8) is 0 Å². The van der Waals surface area contributed by atoms with Crippen molar-refractivity contribution in [2.45, 2.75) is 6.42 Å². The maximum atomic E-state index is 11.8. The fourth-order valence-electron chi connectivity index (χ4n) is 1.73. The Morgan fingerprint density at radius 2 is 1.04 bits per heavy atom. The maximum absolute atomic E-state index is 11.8. The molecular formula is C17H14I2O4. The van der Waals surface area contributed by atoms with Gasteiger partial charge in [0.15, 0.2) is 0 Å². The summed E-state index contributed by atoms with van der Waals surface area (Å²) in [6, 6.07) is 14.3. The molecule has 0 radical (unpaired) electrons. The van der Waals surface area contributed by atoms with Crippen molar-refractivity contribution in [3.05, 3.63) is 66.8 Å². The molecule has 0 aliphatic heterocycles. The van der Waals surface area contributed by atoms with E-state index in [4.69, 9.17) is 9.47 Å². The van der Waals surface area contributed by atoms with E-state index in [1.807, 2.05) is 24.3 Å². The molecule has 120 valence electrons. The second kappa shape index (κ2) is 9.21. The zero-order valence-corrected chi connectivity index (χ0v) is 16.4. The largest absolute Gasteiger partial charge is 0.462 e. The highest BCUT2D eigenvalue weighted by Crippen LogP contribution is 2.09. The lowest BCUT2D eigenvalue weighted by Gasteiger charge is -2.06. The highest BCUT2D eigenvalue weighted by Gasteiger charge is 2.08. The fourth-order valence-corrected chi connectivity index (χ4v) is 2.45. The van der Waals surface area contributed by atoms with E-state index in [9.17, 15) is 9.59 Å². The Balaban J connectivity index is 1.67. The summed E-state index contributed by atoms with van der Waals surface area (Å²) in [7, 11) is 0. The van der Waals surface area contributed by atoms with Crippen molar-refractivity contribution in [2.75, 3.05) is 13.2 Å². The Morgan fingerprint density at radius 3 is 1.39 bits per heavy atom.